The smallest absolute Gasteiger partial charge is 0.328 e. The molecular weight excluding hydrogens is 794 g/mol. The highest BCUT2D eigenvalue weighted by Gasteiger charge is 2.52. The molecule has 0 unspecified atom stereocenters. The zero-order valence-electron chi connectivity index (χ0n) is 33.4. The van der Waals surface area contributed by atoms with Gasteiger partial charge in [-0.2, -0.15) is 0 Å². The molecule has 1 aliphatic heterocycles. The van der Waals surface area contributed by atoms with Crippen molar-refractivity contribution in [3.05, 3.63) is 99.6 Å². The average molecular weight is 840 g/mol. The second-order valence-corrected chi connectivity index (χ2v) is 13.9. The van der Waals surface area contributed by atoms with Crippen LogP contribution in [0.5, 0.6) is 5.75 Å². The second-order valence-electron chi connectivity index (χ2n) is 13.4. The van der Waals surface area contributed by atoms with Crippen LogP contribution in [-0.2, 0) is 75.0 Å². The predicted octanol–water partition coefficient (Wildman–Crippen LogP) is 4.53. The summed E-state index contributed by atoms with van der Waals surface area (Å²) in [6, 6.07) is 17.9. The molecular formula is C42H46ClNO15. The maximum Gasteiger partial charge on any atom is 0.328 e. The van der Waals surface area contributed by atoms with Gasteiger partial charge in [0.25, 0.3) is 5.91 Å². The highest BCUT2D eigenvalue weighted by Crippen LogP contribution is 2.39. The van der Waals surface area contributed by atoms with E-state index in [1.807, 2.05) is 12.1 Å². The summed E-state index contributed by atoms with van der Waals surface area (Å²) < 4.78 is 43.6. The molecule has 1 N–H and O–H groups in total. The van der Waals surface area contributed by atoms with Crippen molar-refractivity contribution in [3.63, 3.8) is 0 Å². The number of benzene rings is 3. The summed E-state index contributed by atoms with van der Waals surface area (Å²) in [7, 11) is 2.42. The van der Waals surface area contributed by atoms with Crippen LogP contribution in [0.3, 0.4) is 0 Å². The van der Waals surface area contributed by atoms with Crippen molar-refractivity contribution in [2.24, 2.45) is 0 Å². The topological polar surface area (TPSA) is 205 Å². The van der Waals surface area contributed by atoms with Crippen LogP contribution >= 0.6 is 11.6 Å². The third-order valence-corrected chi connectivity index (χ3v) is 9.33. The number of esters is 6. The number of amides is 1. The Balaban J connectivity index is 1.49. The van der Waals surface area contributed by atoms with Gasteiger partial charge in [0.1, 0.15) is 37.2 Å². The van der Waals surface area contributed by atoms with E-state index in [2.05, 4.69) is 10.1 Å². The maximum absolute atomic E-state index is 13.0. The summed E-state index contributed by atoms with van der Waals surface area (Å²) in [5.74, 6) is -4.03. The third kappa shape index (κ3) is 13.5. The minimum atomic E-state index is -1.32. The van der Waals surface area contributed by atoms with E-state index in [0.29, 0.717) is 33.9 Å². The number of rotatable bonds is 17. The van der Waals surface area contributed by atoms with Crippen molar-refractivity contribution >= 4 is 53.3 Å². The van der Waals surface area contributed by atoms with Crippen LogP contribution in [0.2, 0.25) is 5.02 Å². The van der Waals surface area contributed by atoms with Gasteiger partial charge in [-0.3, -0.25) is 28.8 Å². The molecule has 0 aliphatic carbocycles. The van der Waals surface area contributed by atoms with Crippen molar-refractivity contribution in [3.8, 4) is 5.75 Å². The lowest BCUT2D eigenvalue weighted by Gasteiger charge is -2.44. The van der Waals surface area contributed by atoms with Gasteiger partial charge in [-0.25, -0.2) is 4.79 Å². The number of halogens is 1. The van der Waals surface area contributed by atoms with E-state index in [1.54, 1.807) is 54.6 Å². The van der Waals surface area contributed by atoms with Crippen molar-refractivity contribution in [1.29, 1.82) is 0 Å². The van der Waals surface area contributed by atoms with Gasteiger partial charge < -0.3 is 43.2 Å². The molecule has 4 rings (SSSR count). The molecule has 1 saturated heterocycles. The van der Waals surface area contributed by atoms with Crippen LogP contribution in [0.15, 0.2) is 66.7 Å². The number of nitrogens with one attached hydrogen (secondary N) is 1. The number of hydrogen-bond donors (Lipinski definition) is 1. The molecule has 0 bridgehead atoms. The number of ether oxygens (including phenoxy) is 8. The van der Waals surface area contributed by atoms with E-state index in [1.165, 1.54) is 28.1 Å². The summed E-state index contributed by atoms with van der Waals surface area (Å²) >= 11 is 6.66. The number of hydrogen-bond acceptors (Lipinski definition) is 15. The first-order valence-electron chi connectivity index (χ1n) is 18.4. The molecule has 1 fully saturated rings. The molecule has 0 radical (unpaired) electrons. The second kappa shape index (κ2) is 21.7. The lowest BCUT2D eigenvalue weighted by atomic mass is 9.89. The van der Waals surface area contributed by atoms with Gasteiger partial charge in [0, 0.05) is 44.7 Å². The van der Waals surface area contributed by atoms with Gasteiger partial charge in [0.2, 0.25) is 0 Å². The molecule has 17 heteroatoms. The summed E-state index contributed by atoms with van der Waals surface area (Å²) in [5, 5.41) is 3.03. The zero-order chi connectivity index (χ0) is 43.2. The van der Waals surface area contributed by atoms with Gasteiger partial charge in [0.05, 0.1) is 14.2 Å². The Morgan fingerprint density at radius 2 is 1.41 bits per heavy atom. The average Bonchev–Trinajstić information content (AvgIpc) is 3.19. The Hall–Kier alpha value is -6.00. The highest BCUT2D eigenvalue weighted by molar-refractivity contribution is 6.31. The normalized spacial score (nSPS) is 18.9. The molecule has 16 nitrogen and oxygen atoms in total. The van der Waals surface area contributed by atoms with Crippen molar-refractivity contribution < 1.29 is 71.5 Å². The lowest BCUT2D eigenvalue weighted by molar-refractivity contribution is -0.254. The Labute approximate surface area is 345 Å². The van der Waals surface area contributed by atoms with E-state index in [9.17, 15) is 33.6 Å². The molecule has 3 aromatic rings. The summed E-state index contributed by atoms with van der Waals surface area (Å²) in [6.45, 7) is 4.43. The van der Waals surface area contributed by atoms with Crippen LogP contribution in [0, 0.1) is 0 Å². The predicted molar refractivity (Wildman–Crippen MR) is 207 cm³/mol. The molecule has 59 heavy (non-hydrogen) atoms. The molecule has 6 atom stereocenters. The fraction of sp³-hybridized carbons (Fsp3) is 0.405. The standard InChI is InChI=1S/C42H46ClNO15/c1-23(45)54-22-35-38(56-24(2)46)40(58-26(4)48)39(57-25(3)47)37(59-35)29-12-15-33(43)31(20-29)18-27-10-13-32(14-11-27)55-21-28-8-7-9-30(19-28)41(50)44-34(42(51)53-6)16-17-36(49)52-5/h7-15,19-20,34-35,37-40H,16-18,21-22H2,1-6H3,(H,44,50)/t34-,35+,37-,38+,39-,40-/m0/s1. The molecule has 1 heterocycles. The molecule has 3 aromatic carbocycles. The van der Waals surface area contributed by atoms with Crippen molar-refractivity contribution in [2.45, 2.75) is 90.1 Å². The van der Waals surface area contributed by atoms with Gasteiger partial charge >= 0.3 is 35.8 Å². The van der Waals surface area contributed by atoms with Crippen molar-refractivity contribution in [1.82, 2.24) is 5.32 Å². The number of carbonyl (C=O) groups excluding carboxylic acids is 7. The Morgan fingerprint density at radius 1 is 0.746 bits per heavy atom. The van der Waals surface area contributed by atoms with Crippen LogP contribution < -0.4 is 10.1 Å². The monoisotopic (exact) mass is 839 g/mol. The number of methoxy groups -OCH3 is 2. The van der Waals surface area contributed by atoms with Crippen LogP contribution in [-0.4, -0.2) is 93.0 Å². The van der Waals surface area contributed by atoms with Gasteiger partial charge in [-0.15, -0.1) is 0 Å². The van der Waals surface area contributed by atoms with E-state index >= 15 is 0 Å². The van der Waals surface area contributed by atoms with E-state index < -0.39 is 78.3 Å². The third-order valence-electron chi connectivity index (χ3n) is 8.96. The quantitative estimate of drug-likeness (QED) is 0.146. The fourth-order valence-electron chi connectivity index (χ4n) is 6.29. The lowest BCUT2D eigenvalue weighted by Crippen LogP contribution is -2.59. The zero-order valence-corrected chi connectivity index (χ0v) is 34.1. The van der Waals surface area contributed by atoms with Crippen LogP contribution in [0.4, 0.5) is 0 Å². The first kappa shape index (κ1) is 45.7. The first-order valence-corrected chi connectivity index (χ1v) is 18.8. The Morgan fingerprint density at radius 3 is 2.03 bits per heavy atom. The molecule has 0 aromatic heterocycles. The maximum atomic E-state index is 13.0. The minimum Gasteiger partial charge on any atom is -0.489 e. The van der Waals surface area contributed by atoms with Crippen molar-refractivity contribution in [2.75, 3.05) is 20.8 Å². The van der Waals surface area contributed by atoms with Crippen LogP contribution in [0.1, 0.15) is 79.3 Å². The summed E-state index contributed by atoms with van der Waals surface area (Å²) in [5.41, 5.74) is 2.96. The first-order chi connectivity index (χ1) is 28.1. The Bertz CT molecular complexity index is 2000. The SMILES string of the molecule is COC(=O)CC[C@H](NC(=O)c1cccc(COc2ccc(Cc3cc([C@@H]4O[C@H](COC(C)=O)[C@@H](OC(C)=O)[C@H](OC(C)=O)[C@H]4OC(C)=O)ccc3Cl)cc2)c1)C(=O)OC. The van der Waals surface area contributed by atoms with Crippen LogP contribution in [0.25, 0.3) is 0 Å². The molecule has 316 valence electrons. The highest BCUT2D eigenvalue weighted by atomic mass is 35.5. The van der Waals surface area contributed by atoms with E-state index in [4.69, 9.17) is 44.8 Å². The molecule has 1 amide bonds. The summed E-state index contributed by atoms with van der Waals surface area (Å²) in [6.07, 6.45) is -5.81. The number of carbonyl (C=O) groups is 7. The minimum absolute atomic E-state index is 0.00388. The summed E-state index contributed by atoms with van der Waals surface area (Å²) in [4.78, 5) is 85.3. The fourth-order valence-corrected chi connectivity index (χ4v) is 6.48. The largest absolute Gasteiger partial charge is 0.489 e. The molecule has 0 saturated carbocycles. The van der Waals surface area contributed by atoms with E-state index in [-0.39, 0.29) is 31.6 Å². The molecule has 0 spiro atoms. The van der Waals surface area contributed by atoms with Gasteiger partial charge in [-0.05, 0) is 65.4 Å². The molecule has 1 aliphatic rings. The van der Waals surface area contributed by atoms with Gasteiger partial charge in [0.15, 0.2) is 18.3 Å². The Kier molecular flexibility index (Phi) is 16.8. The van der Waals surface area contributed by atoms with E-state index in [0.717, 1.165) is 19.4 Å². The van der Waals surface area contributed by atoms with Gasteiger partial charge in [-0.1, -0.05) is 48.0 Å².